The molecule has 3 heterocycles. The predicted octanol–water partition coefficient (Wildman–Crippen LogP) is 11.4. The van der Waals surface area contributed by atoms with Gasteiger partial charge in [-0.15, -0.1) is 0 Å². The van der Waals surface area contributed by atoms with Crippen LogP contribution >= 0.6 is 27.3 Å². The number of hydrogen-bond donors (Lipinski definition) is 1. The minimum absolute atomic E-state index is 0.0716. The number of non-ortho nitro benzene ring substituents is 1. The van der Waals surface area contributed by atoms with Gasteiger partial charge in [0.1, 0.15) is 10.3 Å². The maximum atomic E-state index is 13.1. The summed E-state index contributed by atoms with van der Waals surface area (Å²) in [4.78, 5) is 38.3. The highest BCUT2D eigenvalue weighted by Crippen LogP contribution is 2.49. The van der Waals surface area contributed by atoms with Crippen molar-refractivity contribution in [2.75, 3.05) is 65.4 Å². The molecular formula is C52H54BrF3N6O5S. The number of piperazine rings is 1. The first kappa shape index (κ1) is 48.9. The lowest BCUT2D eigenvalue weighted by atomic mass is 9.70. The van der Waals surface area contributed by atoms with Gasteiger partial charge in [-0.2, -0.15) is 18.2 Å². The monoisotopic (exact) mass is 1010 g/mol. The Morgan fingerprint density at radius 3 is 2.28 bits per heavy atom. The number of nitrogens with zero attached hydrogens (tertiary/aromatic N) is 6. The Morgan fingerprint density at radius 2 is 1.59 bits per heavy atom. The summed E-state index contributed by atoms with van der Waals surface area (Å²) in [6, 6.07) is 34.0. The Kier molecular flexibility index (Phi) is 15.1. The van der Waals surface area contributed by atoms with E-state index >= 15 is 0 Å². The molecule has 5 aromatic carbocycles. The number of ether oxygens (including phenoxy) is 1. The normalized spacial score (nSPS) is 16.4. The van der Waals surface area contributed by atoms with E-state index in [2.05, 4.69) is 79.2 Å². The van der Waals surface area contributed by atoms with Crippen LogP contribution in [-0.4, -0.2) is 90.3 Å². The highest BCUT2D eigenvalue weighted by molar-refractivity contribution is 9.10. The average molecular weight is 1010 g/mol. The number of aromatic nitrogens is 2. The van der Waals surface area contributed by atoms with Crippen LogP contribution in [0.1, 0.15) is 66.7 Å². The van der Waals surface area contributed by atoms with Crippen LogP contribution in [0.25, 0.3) is 31.8 Å². The molecule has 0 spiro atoms. The molecular weight excluding hydrogens is 958 g/mol. The summed E-state index contributed by atoms with van der Waals surface area (Å²) in [7, 11) is 5.73. The fourth-order valence-electron chi connectivity index (χ4n) is 9.74. The Morgan fingerprint density at radius 1 is 0.882 bits per heavy atom. The van der Waals surface area contributed by atoms with E-state index in [1.165, 1.54) is 32.1 Å². The summed E-state index contributed by atoms with van der Waals surface area (Å²) < 4.78 is 46.1. The molecule has 7 aromatic rings. The zero-order chi connectivity index (χ0) is 48.2. The number of benzene rings is 5. The number of anilines is 1. The van der Waals surface area contributed by atoms with E-state index < -0.39 is 39.4 Å². The summed E-state index contributed by atoms with van der Waals surface area (Å²) in [5.41, 5.74) is -0.452. The second-order valence-electron chi connectivity index (χ2n) is 18.0. The second kappa shape index (κ2) is 21.0. The number of aliphatic hydroxyl groups is 1. The fourth-order valence-corrected chi connectivity index (χ4v) is 11.2. The number of nitro groups is 1. The van der Waals surface area contributed by atoms with Crippen molar-refractivity contribution in [2.45, 2.75) is 56.2 Å². The van der Waals surface area contributed by atoms with Gasteiger partial charge in [0.05, 0.1) is 28.5 Å². The Hall–Kier alpha value is -5.52. The van der Waals surface area contributed by atoms with E-state index in [1.807, 2.05) is 67.5 Å². The Bertz CT molecular complexity index is 2960. The fraction of sp³-hybridized carbons (Fsp3) is 0.365. The Balaban J connectivity index is 0.000000187. The Labute approximate surface area is 405 Å². The van der Waals surface area contributed by atoms with Gasteiger partial charge in [-0.3, -0.25) is 19.8 Å². The molecule has 1 aliphatic carbocycles. The van der Waals surface area contributed by atoms with Crippen LogP contribution in [0.15, 0.2) is 118 Å². The molecule has 356 valence electrons. The van der Waals surface area contributed by atoms with Crippen molar-refractivity contribution in [3.8, 4) is 5.88 Å². The van der Waals surface area contributed by atoms with Crippen molar-refractivity contribution in [3.05, 3.63) is 156 Å². The topological polar surface area (TPSA) is 125 Å². The smallest absolute Gasteiger partial charge is 0.416 e. The molecule has 9 rings (SSSR count). The van der Waals surface area contributed by atoms with Gasteiger partial charge in [0.2, 0.25) is 5.88 Å². The number of hydrogen-bond acceptors (Lipinski definition) is 11. The molecule has 0 amide bonds. The summed E-state index contributed by atoms with van der Waals surface area (Å²) in [6.07, 6.45) is 2.14. The van der Waals surface area contributed by atoms with Crippen molar-refractivity contribution in [3.63, 3.8) is 0 Å². The minimum atomic E-state index is -4.79. The van der Waals surface area contributed by atoms with Crippen LogP contribution in [0, 0.1) is 16.0 Å². The molecule has 2 atom stereocenters. The first-order chi connectivity index (χ1) is 32.6. The quantitative estimate of drug-likeness (QED) is 0.0934. The standard InChI is InChI=1S/C32H31BrN2O2.C20H23F3N4O3S/c1-35(2)19-18-32(36,28-15-9-13-22-10-7-8-14-26(22)28)30(23-11-5-4-6-12-23)27-21-24-20-25(33)16-17-29(24)34-31(27)37-3;21-20(22,23)14-10-15-17(16(11-14)27(29)30)31-19(24-18(15)28)26-8-6-25(7-9-26)12-13-4-2-1-3-5-13/h4-17,20-21,30,36H,18-19H2,1-3H3;10-11,13H,1-9,12H2/t30-,32-;/m1./s1. The van der Waals surface area contributed by atoms with Crippen LogP contribution in [0.4, 0.5) is 24.0 Å². The first-order valence-corrected chi connectivity index (χ1v) is 24.5. The van der Waals surface area contributed by atoms with Crippen LogP contribution in [0.2, 0.25) is 0 Å². The van der Waals surface area contributed by atoms with Crippen molar-refractivity contribution >= 4 is 69.8 Å². The van der Waals surface area contributed by atoms with Crippen molar-refractivity contribution < 1.29 is 27.9 Å². The lowest BCUT2D eigenvalue weighted by Gasteiger charge is -2.39. The van der Waals surface area contributed by atoms with E-state index in [0.29, 0.717) is 49.2 Å². The summed E-state index contributed by atoms with van der Waals surface area (Å²) in [6.45, 7) is 4.60. The molecule has 1 N–H and O–H groups in total. The number of alkyl halides is 3. The van der Waals surface area contributed by atoms with Crippen molar-refractivity contribution in [1.82, 2.24) is 19.8 Å². The molecule has 1 aliphatic heterocycles. The molecule has 1 saturated carbocycles. The molecule has 1 saturated heterocycles. The van der Waals surface area contributed by atoms with E-state index in [0.717, 1.165) is 79.7 Å². The molecule has 0 radical (unpaired) electrons. The predicted molar refractivity (Wildman–Crippen MR) is 268 cm³/mol. The third-order valence-corrected chi connectivity index (χ3v) is 14.8. The van der Waals surface area contributed by atoms with Gasteiger partial charge in [-0.25, -0.2) is 4.98 Å². The van der Waals surface area contributed by atoms with Gasteiger partial charge in [-0.1, -0.05) is 119 Å². The van der Waals surface area contributed by atoms with Crippen molar-refractivity contribution in [1.29, 1.82) is 0 Å². The van der Waals surface area contributed by atoms with Gasteiger partial charge in [0.25, 0.3) is 11.2 Å². The highest BCUT2D eigenvalue weighted by atomic mass is 79.9. The van der Waals surface area contributed by atoms with Gasteiger partial charge in [-0.05, 0) is 91.5 Å². The van der Waals surface area contributed by atoms with Crippen molar-refractivity contribution in [2.24, 2.45) is 5.92 Å². The third kappa shape index (κ3) is 10.8. The molecule has 2 aliphatic rings. The van der Waals surface area contributed by atoms with E-state index in [-0.39, 0.29) is 10.1 Å². The lowest BCUT2D eigenvalue weighted by Crippen LogP contribution is -2.48. The number of halogens is 4. The zero-order valence-corrected chi connectivity index (χ0v) is 40.6. The second-order valence-corrected chi connectivity index (χ2v) is 19.9. The highest BCUT2D eigenvalue weighted by Gasteiger charge is 2.43. The molecule has 2 fully saturated rings. The van der Waals surface area contributed by atoms with Gasteiger partial charge >= 0.3 is 6.18 Å². The van der Waals surface area contributed by atoms with Crippen LogP contribution in [0.5, 0.6) is 5.88 Å². The lowest BCUT2D eigenvalue weighted by molar-refractivity contribution is -0.383. The average Bonchev–Trinajstić information content (AvgIpc) is 3.33. The summed E-state index contributed by atoms with van der Waals surface area (Å²) in [5, 5.41) is 27.5. The first-order valence-electron chi connectivity index (χ1n) is 22.8. The van der Waals surface area contributed by atoms with E-state index in [1.54, 1.807) is 7.11 Å². The van der Waals surface area contributed by atoms with Gasteiger partial charge in [0, 0.05) is 66.7 Å². The maximum Gasteiger partial charge on any atom is 0.416 e. The van der Waals surface area contributed by atoms with Gasteiger partial charge < -0.3 is 19.6 Å². The largest absolute Gasteiger partial charge is 0.481 e. The summed E-state index contributed by atoms with van der Waals surface area (Å²) in [5.74, 6) is 0.818. The van der Waals surface area contributed by atoms with Crippen LogP contribution in [0.3, 0.4) is 0 Å². The van der Waals surface area contributed by atoms with E-state index in [9.17, 15) is 33.2 Å². The number of nitro benzene ring substituents is 1. The number of methoxy groups -OCH3 is 1. The SMILES string of the molecule is COc1nc2ccc(Br)cc2cc1[C@@H](c1ccccc1)[C@@](O)(CCN(C)C)c1cccc2ccccc12.O=c1nc(N2CCN(CC3CCCCC3)CC2)sc2c([N+](=O)[O-])cc(C(F)(F)F)cc12. The van der Waals surface area contributed by atoms with Crippen LogP contribution < -0.4 is 15.2 Å². The third-order valence-electron chi connectivity index (χ3n) is 13.2. The van der Waals surface area contributed by atoms with E-state index in [4.69, 9.17) is 9.72 Å². The molecule has 11 nitrogen and oxygen atoms in total. The number of pyridine rings is 1. The molecule has 0 unspecified atom stereocenters. The molecule has 0 bridgehead atoms. The zero-order valence-electron chi connectivity index (χ0n) is 38.2. The van der Waals surface area contributed by atoms with Gasteiger partial charge in [0.15, 0.2) is 5.13 Å². The van der Waals surface area contributed by atoms with Crippen LogP contribution in [-0.2, 0) is 11.8 Å². The molecule has 16 heteroatoms. The number of rotatable bonds is 12. The summed E-state index contributed by atoms with van der Waals surface area (Å²) >= 11 is 4.51. The molecule has 2 aromatic heterocycles. The maximum absolute atomic E-state index is 13.1. The number of fused-ring (bicyclic) bond motifs is 3. The minimum Gasteiger partial charge on any atom is -0.481 e. The molecule has 68 heavy (non-hydrogen) atoms.